The quantitative estimate of drug-likeness (QED) is 0.378. The Labute approximate surface area is 187 Å². The van der Waals surface area contributed by atoms with Gasteiger partial charge in [-0.3, -0.25) is 4.79 Å². The summed E-state index contributed by atoms with van der Waals surface area (Å²) in [5.41, 5.74) is 1.75. The zero-order chi connectivity index (χ0) is 23.0. The molecule has 1 aromatic rings. The molecular weight excluding hydrogens is 392 g/mol. The lowest BCUT2D eigenvalue weighted by atomic mass is 9.73. The molecule has 1 aromatic carbocycles. The summed E-state index contributed by atoms with van der Waals surface area (Å²) in [6, 6.07) is 5.88. The normalized spacial score (nSPS) is 19.0. The van der Waals surface area contributed by atoms with E-state index in [2.05, 4.69) is 13.8 Å². The number of Topliss-reactive ketones (excluding diaryl/α,β-unsaturated/α-hetero) is 1. The van der Waals surface area contributed by atoms with Gasteiger partial charge in [0, 0.05) is 7.11 Å². The Kier molecular flexibility index (Phi) is 9.17. The molecule has 1 aliphatic rings. The van der Waals surface area contributed by atoms with Gasteiger partial charge in [-0.25, -0.2) is 0 Å². The lowest BCUT2D eigenvalue weighted by Gasteiger charge is -2.42. The Morgan fingerprint density at radius 3 is 2.26 bits per heavy atom. The highest BCUT2D eigenvalue weighted by Crippen LogP contribution is 2.45. The van der Waals surface area contributed by atoms with E-state index < -0.39 is 5.60 Å². The van der Waals surface area contributed by atoms with Crippen molar-refractivity contribution in [2.45, 2.75) is 77.9 Å². The molecule has 172 valence electrons. The average molecular weight is 431 g/mol. The van der Waals surface area contributed by atoms with Crippen molar-refractivity contribution in [3.63, 3.8) is 0 Å². The van der Waals surface area contributed by atoms with Crippen LogP contribution in [0.1, 0.15) is 71.8 Å². The van der Waals surface area contributed by atoms with Crippen molar-refractivity contribution < 1.29 is 23.7 Å². The van der Waals surface area contributed by atoms with E-state index in [0.29, 0.717) is 29.3 Å². The minimum Gasteiger partial charge on any atom is -0.493 e. The molecule has 31 heavy (non-hydrogen) atoms. The molecular formula is C26H38O5. The number of carbonyl (C=O) groups excluding carboxylic acids is 1. The van der Waals surface area contributed by atoms with E-state index in [4.69, 9.17) is 18.9 Å². The van der Waals surface area contributed by atoms with Gasteiger partial charge in [0.05, 0.1) is 25.9 Å². The van der Waals surface area contributed by atoms with Gasteiger partial charge in [-0.2, -0.15) is 0 Å². The first-order chi connectivity index (χ1) is 14.9. The van der Waals surface area contributed by atoms with Gasteiger partial charge in [-0.1, -0.05) is 32.8 Å². The number of ether oxygens (including phenoxy) is 4. The molecule has 0 aromatic heterocycles. The lowest BCUT2D eigenvalue weighted by molar-refractivity contribution is -0.146. The standard InChI is InChI=1S/C26H38O5/c1-8-10-12-19(20-13-14-22(28-5)23(17-20)29-6)16-21-24(27)26(30-7,15-11-9-2)25(21)31-18(3)4/h13-14,16-18H,8-12,15H2,1-7H3/b19-16-. The van der Waals surface area contributed by atoms with Gasteiger partial charge >= 0.3 is 0 Å². The van der Waals surface area contributed by atoms with Gasteiger partial charge in [-0.05, 0) is 68.9 Å². The third-order valence-electron chi connectivity index (χ3n) is 5.68. The van der Waals surface area contributed by atoms with Crippen molar-refractivity contribution in [2.75, 3.05) is 21.3 Å². The fraction of sp³-hybridized carbons (Fsp3) is 0.577. The van der Waals surface area contributed by atoms with Gasteiger partial charge in [0.25, 0.3) is 0 Å². The maximum atomic E-state index is 13.3. The van der Waals surface area contributed by atoms with Crippen LogP contribution in [0.15, 0.2) is 35.6 Å². The van der Waals surface area contributed by atoms with Crippen molar-refractivity contribution in [3.8, 4) is 11.5 Å². The van der Waals surface area contributed by atoms with E-state index in [1.165, 1.54) is 0 Å². The second kappa shape index (κ2) is 11.4. The van der Waals surface area contributed by atoms with E-state index >= 15 is 0 Å². The highest BCUT2D eigenvalue weighted by Gasteiger charge is 2.55. The summed E-state index contributed by atoms with van der Waals surface area (Å²) in [6.07, 6.45) is 7.42. The maximum Gasteiger partial charge on any atom is 0.205 e. The smallest absolute Gasteiger partial charge is 0.205 e. The van der Waals surface area contributed by atoms with Crippen LogP contribution < -0.4 is 9.47 Å². The number of ketones is 1. The third kappa shape index (κ3) is 5.32. The van der Waals surface area contributed by atoms with Gasteiger partial charge in [0.1, 0.15) is 5.76 Å². The summed E-state index contributed by atoms with van der Waals surface area (Å²) in [5.74, 6) is 2.03. The minimum absolute atomic E-state index is 0.00794. The molecule has 1 unspecified atom stereocenters. The average Bonchev–Trinajstić information content (AvgIpc) is 2.78. The zero-order valence-corrected chi connectivity index (χ0v) is 20.2. The molecule has 0 aliphatic heterocycles. The van der Waals surface area contributed by atoms with Crippen LogP contribution in [0.4, 0.5) is 0 Å². The molecule has 1 atom stereocenters. The monoisotopic (exact) mass is 430 g/mol. The molecule has 1 aliphatic carbocycles. The van der Waals surface area contributed by atoms with Crippen molar-refractivity contribution in [2.24, 2.45) is 0 Å². The van der Waals surface area contributed by atoms with E-state index in [1.54, 1.807) is 21.3 Å². The van der Waals surface area contributed by atoms with Crippen LogP contribution in [-0.4, -0.2) is 38.8 Å². The first-order valence-electron chi connectivity index (χ1n) is 11.3. The summed E-state index contributed by atoms with van der Waals surface area (Å²) < 4.78 is 22.8. The number of allylic oxidation sites excluding steroid dienone is 2. The Balaban J connectivity index is 2.57. The summed E-state index contributed by atoms with van der Waals surface area (Å²) in [5, 5.41) is 0. The molecule has 0 heterocycles. The lowest BCUT2D eigenvalue weighted by Crippen LogP contribution is -2.53. The molecule has 0 N–H and O–H groups in total. The summed E-state index contributed by atoms with van der Waals surface area (Å²) in [6.45, 7) is 8.22. The largest absolute Gasteiger partial charge is 0.493 e. The van der Waals surface area contributed by atoms with E-state index in [0.717, 1.165) is 43.2 Å². The van der Waals surface area contributed by atoms with Crippen molar-refractivity contribution in [3.05, 3.63) is 41.2 Å². The van der Waals surface area contributed by atoms with Gasteiger partial charge in [0.15, 0.2) is 17.1 Å². The van der Waals surface area contributed by atoms with Crippen molar-refractivity contribution in [1.29, 1.82) is 0 Å². The van der Waals surface area contributed by atoms with Gasteiger partial charge < -0.3 is 18.9 Å². The molecule has 0 radical (unpaired) electrons. The number of rotatable bonds is 13. The molecule has 0 saturated heterocycles. The molecule has 0 fully saturated rings. The Hall–Kier alpha value is -2.27. The number of unbranched alkanes of at least 4 members (excludes halogenated alkanes) is 2. The SMILES string of the molecule is CCCC/C(=C/C1=C(OC(C)C)C(CCCC)(OC)C1=O)c1ccc(OC)c(OC)c1. The highest BCUT2D eigenvalue weighted by molar-refractivity contribution is 6.15. The number of carbonyl (C=O) groups is 1. The molecule has 0 bridgehead atoms. The van der Waals surface area contributed by atoms with Crippen molar-refractivity contribution >= 4 is 11.4 Å². The molecule has 5 nitrogen and oxygen atoms in total. The molecule has 0 amide bonds. The predicted molar refractivity (Wildman–Crippen MR) is 125 cm³/mol. The number of benzene rings is 1. The van der Waals surface area contributed by atoms with Crippen LogP contribution in [-0.2, 0) is 14.3 Å². The van der Waals surface area contributed by atoms with Crippen LogP contribution in [0.5, 0.6) is 11.5 Å². The second-order valence-corrected chi connectivity index (χ2v) is 8.22. The fourth-order valence-corrected chi connectivity index (χ4v) is 3.92. The summed E-state index contributed by atoms with van der Waals surface area (Å²) in [4.78, 5) is 13.3. The molecule has 0 saturated carbocycles. The van der Waals surface area contributed by atoms with Crippen LogP contribution in [0.3, 0.4) is 0 Å². The topological polar surface area (TPSA) is 54.0 Å². The fourth-order valence-electron chi connectivity index (χ4n) is 3.92. The van der Waals surface area contributed by atoms with E-state index in [1.807, 2.05) is 38.1 Å². The third-order valence-corrected chi connectivity index (χ3v) is 5.68. The van der Waals surface area contributed by atoms with E-state index in [9.17, 15) is 4.79 Å². The predicted octanol–water partition coefficient (Wildman–Crippen LogP) is 6.11. The number of hydrogen-bond donors (Lipinski definition) is 0. The van der Waals surface area contributed by atoms with Crippen LogP contribution >= 0.6 is 0 Å². The minimum atomic E-state index is -0.959. The van der Waals surface area contributed by atoms with E-state index in [-0.39, 0.29) is 11.9 Å². The van der Waals surface area contributed by atoms with Crippen LogP contribution in [0.25, 0.3) is 5.57 Å². The summed E-state index contributed by atoms with van der Waals surface area (Å²) in [7, 11) is 4.85. The molecule has 0 spiro atoms. The van der Waals surface area contributed by atoms with Crippen molar-refractivity contribution in [1.82, 2.24) is 0 Å². The first kappa shape index (κ1) is 25.0. The van der Waals surface area contributed by atoms with Crippen LogP contribution in [0.2, 0.25) is 0 Å². The number of methoxy groups -OCH3 is 3. The summed E-state index contributed by atoms with van der Waals surface area (Å²) >= 11 is 0. The Morgan fingerprint density at radius 1 is 1.03 bits per heavy atom. The molecule has 2 rings (SSSR count). The Bertz CT molecular complexity index is 821. The maximum absolute atomic E-state index is 13.3. The second-order valence-electron chi connectivity index (χ2n) is 8.22. The Morgan fingerprint density at radius 2 is 1.71 bits per heavy atom. The van der Waals surface area contributed by atoms with Gasteiger partial charge in [0.2, 0.25) is 5.78 Å². The highest BCUT2D eigenvalue weighted by atomic mass is 16.6. The first-order valence-corrected chi connectivity index (χ1v) is 11.3. The molecule has 5 heteroatoms. The number of hydrogen-bond acceptors (Lipinski definition) is 5. The van der Waals surface area contributed by atoms with Gasteiger partial charge in [-0.15, -0.1) is 0 Å². The zero-order valence-electron chi connectivity index (χ0n) is 20.2. The van der Waals surface area contributed by atoms with Crippen LogP contribution in [0, 0.1) is 0 Å².